The molecule has 1 aromatic carbocycles. The highest BCUT2D eigenvalue weighted by molar-refractivity contribution is 14.0. The molecule has 1 atom stereocenters. The lowest BCUT2D eigenvalue weighted by Crippen LogP contribution is -2.40. The summed E-state index contributed by atoms with van der Waals surface area (Å²) >= 11 is 0. The van der Waals surface area contributed by atoms with E-state index in [0.717, 1.165) is 24.1 Å². The minimum atomic E-state index is 0. The average molecular weight is 446 g/mol. The molecule has 1 aromatic rings. The standard InChI is InChI=1S/C17H26N4O2.HI/c1-13(12-23-2)20-17(18)19-10-14-5-7-15(8-6-14)11-21-9-3-4-16(21)22;/h5-8,13H,3-4,9-12H2,1-2H3,(H3,18,19,20);1H. The fourth-order valence-electron chi connectivity index (χ4n) is 2.61. The number of aliphatic imine (C=N–C) groups is 1. The van der Waals surface area contributed by atoms with Crippen molar-refractivity contribution < 1.29 is 9.53 Å². The number of methoxy groups -OCH3 is 1. The molecule has 1 amide bonds. The van der Waals surface area contributed by atoms with Gasteiger partial charge in [0.2, 0.25) is 5.91 Å². The van der Waals surface area contributed by atoms with Crippen molar-refractivity contribution >= 4 is 35.8 Å². The number of hydrogen-bond acceptors (Lipinski definition) is 3. The van der Waals surface area contributed by atoms with Crippen LogP contribution in [0.2, 0.25) is 0 Å². The summed E-state index contributed by atoms with van der Waals surface area (Å²) in [5, 5.41) is 3.07. The van der Waals surface area contributed by atoms with Crippen molar-refractivity contribution in [2.24, 2.45) is 10.7 Å². The number of benzene rings is 1. The lowest BCUT2D eigenvalue weighted by atomic mass is 10.1. The maximum atomic E-state index is 11.6. The number of halogens is 1. The van der Waals surface area contributed by atoms with E-state index in [9.17, 15) is 4.79 Å². The molecule has 24 heavy (non-hydrogen) atoms. The minimum Gasteiger partial charge on any atom is -0.383 e. The molecule has 2 rings (SSSR count). The summed E-state index contributed by atoms with van der Waals surface area (Å²) in [4.78, 5) is 17.9. The largest absolute Gasteiger partial charge is 0.383 e. The number of nitrogens with two attached hydrogens (primary N) is 1. The first-order valence-corrected chi connectivity index (χ1v) is 7.99. The normalized spacial score (nSPS) is 16.0. The van der Waals surface area contributed by atoms with Crippen molar-refractivity contribution in [3.8, 4) is 0 Å². The van der Waals surface area contributed by atoms with Gasteiger partial charge in [0.05, 0.1) is 13.2 Å². The van der Waals surface area contributed by atoms with E-state index in [1.807, 2.05) is 36.1 Å². The molecule has 0 radical (unpaired) electrons. The molecule has 1 aliphatic rings. The van der Waals surface area contributed by atoms with E-state index < -0.39 is 0 Å². The molecule has 1 aliphatic heterocycles. The molecule has 6 nitrogen and oxygen atoms in total. The van der Waals surface area contributed by atoms with Crippen LogP contribution >= 0.6 is 24.0 Å². The van der Waals surface area contributed by atoms with Gasteiger partial charge in [-0.2, -0.15) is 0 Å². The summed E-state index contributed by atoms with van der Waals surface area (Å²) < 4.78 is 5.04. The third kappa shape index (κ3) is 6.64. The molecule has 0 aliphatic carbocycles. The number of amides is 1. The van der Waals surface area contributed by atoms with Gasteiger partial charge < -0.3 is 20.7 Å². The summed E-state index contributed by atoms with van der Waals surface area (Å²) in [5.41, 5.74) is 8.08. The molecule has 1 heterocycles. The number of hydrogen-bond donors (Lipinski definition) is 2. The van der Waals surface area contributed by atoms with Gasteiger partial charge in [0.15, 0.2) is 5.96 Å². The first kappa shape index (κ1) is 20.7. The highest BCUT2D eigenvalue weighted by atomic mass is 127. The Labute approximate surface area is 160 Å². The van der Waals surface area contributed by atoms with E-state index in [-0.39, 0.29) is 35.9 Å². The van der Waals surface area contributed by atoms with Crippen LogP contribution in [-0.4, -0.2) is 43.1 Å². The Balaban J connectivity index is 0.00000288. The predicted molar refractivity (Wildman–Crippen MR) is 106 cm³/mol. The highest BCUT2D eigenvalue weighted by Gasteiger charge is 2.19. The van der Waals surface area contributed by atoms with E-state index in [1.54, 1.807) is 7.11 Å². The van der Waals surface area contributed by atoms with Gasteiger partial charge in [-0.05, 0) is 24.5 Å². The lowest BCUT2D eigenvalue weighted by Gasteiger charge is -2.15. The Bertz CT molecular complexity index is 548. The Hall–Kier alpha value is -1.35. The van der Waals surface area contributed by atoms with Gasteiger partial charge in [0.1, 0.15) is 0 Å². The van der Waals surface area contributed by atoms with Crippen LogP contribution in [0.4, 0.5) is 0 Å². The summed E-state index contributed by atoms with van der Waals surface area (Å²) in [6.07, 6.45) is 1.65. The molecule has 134 valence electrons. The maximum absolute atomic E-state index is 11.6. The van der Waals surface area contributed by atoms with Crippen molar-refractivity contribution in [1.82, 2.24) is 10.2 Å². The molecule has 0 saturated carbocycles. The second kappa shape index (κ2) is 10.5. The second-order valence-electron chi connectivity index (χ2n) is 5.94. The van der Waals surface area contributed by atoms with Crippen LogP contribution in [-0.2, 0) is 22.6 Å². The zero-order chi connectivity index (χ0) is 16.7. The minimum absolute atomic E-state index is 0. The quantitative estimate of drug-likeness (QED) is 0.381. The van der Waals surface area contributed by atoms with Gasteiger partial charge in [0, 0.05) is 32.7 Å². The number of rotatable bonds is 7. The van der Waals surface area contributed by atoms with Crippen LogP contribution < -0.4 is 11.1 Å². The van der Waals surface area contributed by atoms with Crippen LogP contribution in [0.3, 0.4) is 0 Å². The number of guanidine groups is 1. The molecule has 3 N–H and O–H groups in total. The topological polar surface area (TPSA) is 80.0 Å². The molecule has 1 fully saturated rings. The van der Waals surface area contributed by atoms with Gasteiger partial charge in [-0.1, -0.05) is 24.3 Å². The van der Waals surface area contributed by atoms with E-state index in [2.05, 4.69) is 10.3 Å². The van der Waals surface area contributed by atoms with Gasteiger partial charge in [-0.15, -0.1) is 24.0 Å². The Morgan fingerprint density at radius 3 is 2.62 bits per heavy atom. The van der Waals surface area contributed by atoms with Crippen LogP contribution in [0.1, 0.15) is 30.9 Å². The van der Waals surface area contributed by atoms with Crippen molar-refractivity contribution in [2.45, 2.75) is 38.9 Å². The molecule has 0 bridgehead atoms. The summed E-state index contributed by atoms with van der Waals surface area (Å²) in [7, 11) is 1.66. The van der Waals surface area contributed by atoms with Crippen LogP contribution in [0.15, 0.2) is 29.3 Å². The maximum Gasteiger partial charge on any atom is 0.222 e. The molecule has 7 heteroatoms. The summed E-state index contributed by atoms with van der Waals surface area (Å²) in [5.74, 6) is 0.670. The first-order valence-electron chi connectivity index (χ1n) is 7.99. The number of nitrogens with zero attached hydrogens (tertiary/aromatic N) is 2. The summed E-state index contributed by atoms with van der Waals surface area (Å²) in [6.45, 7) is 4.66. The summed E-state index contributed by atoms with van der Waals surface area (Å²) in [6, 6.07) is 8.29. The predicted octanol–water partition coefficient (Wildman–Crippen LogP) is 1.87. The van der Waals surface area contributed by atoms with Crippen molar-refractivity contribution in [3.63, 3.8) is 0 Å². The Morgan fingerprint density at radius 1 is 1.38 bits per heavy atom. The van der Waals surface area contributed by atoms with E-state index in [4.69, 9.17) is 10.5 Å². The SMILES string of the molecule is COCC(C)NC(N)=NCc1ccc(CN2CCCC2=O)cc1.I. The second-order valence-corrected chi connectivity index (χ2v) is 5.94. The third-order valence-corrected chi connectivity index (χ3v) is 3.81. The van der Waals surface area contributed by atoms with Crippen molar-refractivity contribution in [1.29, 1.82) is 0 Å². The van der Waals surface area contributed by atoms with Gasteiger partial charge in [-0.3, -0.25) is 4.79 Å². The van der Waals surface area contributed by atoms with E-state index >= 15 is 0 Å². The highest BCUT2D eigenvalue weighted by Crippen LogP contribution is 2.15. The van der Waals surface area contributed by atoms with E-state index in [0.29, 0.717) is 32.1 Å². The molecule has 1 saturated heterocycles. The van der Waals surface area contributed by atoms with Gasteiger partial charge in [0.25, 0.3) is 0 Å². The van der Waals surface area contributed by atoms with E-state index in [1.165, 1.54) is 0 Å². The zero-order valence-corrected chi connectivity index (χ0v) is 16.7. The van der Waals surface area contributed by atoms with Gasteiger partial charge >= 0.3 is 0 Å². The number of carbonyl (C=O) groups is 1. The Kier molecular flexibility index (Phi) is 9.05. The zero-order valence-electron chi connectivity index (χ0n) is 14.3. The third-order valence-electron chi connectivity index (χ3n) is 3.81. The monoisotopic (exact) mass is 446 g/mol. The smallest absolute Gasteiger partial charge is 0.222 e. The number of carbonyl (C=O) groups excluding carboxylic acids is 1. The van der Waals surface area contributed by atoms with Crippen LogP contribution in [0.25, 0.3) is 0 Å². The van der Waals surface area contributed by atoms with Gasteiger partial charge in [-0.25, -0.2) is 4.99 Å². The number of likely N-dealkylation sites (tertiary alicyclic amines) is 1. The fourth-order valence-corrected chi connectivity index (χ4v) is 2.61. The lowest BCUT2D eigenvalue weighted by molar-refractivity contribution is -0.128. The molecule has 0 spiro atoms. The number of nitrogens with one attached hydrogen (secondary N) is 1. The van der Waals surface area contributed by atoms with Crippen LogP contribution in [0, 0.1) is 0 Å². The van der Waals surface area contributed by atoms with Crippen molar-refractivity contribution in [3.05, 3.63) is 35.4 Å². The fraction of sp³-hybridized carbons (Fsp3) is 0.529. The number of ether oxygens (including phenoxy) is 1. The first-order chi connectivity index (χ1) is 11.1. The molecular formula is C17H27IN4O2. The Morgan fingerprint density at radius 2 is 2.04 bits per heavy atom. The average Bonchev–Trinajstić information content (AvgIpc) is 2.92. The van der Waals surface area contributed by atoms with Crippen molar-refractivity contribution in [2.75, 3.05) is 20.3 Å². The van der Waals surface area contributed by atoms with Crippen LogP contribution in [0.5, 0.6) is 0 Å². The molecule has 1 unspecified atom stereocenters. The molecular weight excluding hydrogens is 419 g/mol. The molecule has 0 aromatic heterocycles.